The van der Waals surface area contributed by atoms with Crippen LogP contribution in [0.5, 0.6) is 11.5 Å². The van der Waals surface area contributed by atoms with Gasteiger partial charge in [-0.2, -0.15) is 0 Å². The maximum absolute atomic E-state index is 12.8. The molecule has 2 amide bonds. The summed E-state index contributed by atoms with van der Waals surface area (Å²) in [5, 5.41) is 7.10. The van der Waals surface area contributed by atoms with E-state index in [4.69, 9.17) is 14.0 Å². The zero-order chi connectivity index (χ0) is 21.5. The molecule has 0 saturated heterocycles. The van der Waals surface area contributed by atoms with Crippen molar-refractivity contribution in [3.63, 3.8) is 0 Å². The first-order chi connectivity index (χ1) is 14.5. The fourth-order valence-corrected chi connectivity index (χ4v) is 3.10. The SMILES string of the molecule is COc1ccc(OC)c(-c2cc(CN(CC(C)C)C(=O)Nc3ccccc3)no2)c1. The Morgan fingerprint density at radius 3 is 2.53 bits per heavy atom. The number of para-hydroxylation sites is 1. The van der Waals surface area contributed by atoms with E-state index in [9.17, 15) is 4.79 Å². The summed E-state index contributed by atoms with van der Waals surface area (Å²) >= 11 is 0. The van der Waals surface area contributed by atoms with Gasteiger partial charge in [0.15, 0.2) is 5.76 Å². The second-order valence-corrected chi connectivity index (χ2v) is 7.32. The minimum absolute atomic E-state index is 0.182. The topological polar surface area (TPSA) is 76.8 Å². The van der Waals surface area contributed by atoms with Crippen molar-refractivity contribution in [2.75, 3.05) is 26.1 Å². The Bertz CT molecular complexity index is 970. The molecule has 3 rings (SSSR count). The van der Waals surface area contributed by atoms with Gasteiger partial charge >= 0.3 is 6.03 Å². The summed E-state index contributed by atoms with van der Waals surface area (Å²) in [6.45, 7) is 5.05. The zero-order valence-corrected chi connectivity index (χ0v) is 17.7. The molecule has 7 heteroatoms. The van der Waals surface area contributed by atoms with Gasteiger partial charge in [-0.1, -0.05) is 37.2 Å². The van der Waals surface area contributed by atoms with Crippen molar-refractivity contribution in [1.29, 1.82) is 0 Å². The number of nitrogens with one attached hydrogen (secondary N) is 1. The molecule has 0 atom stereocenters. The van der Waals surface area contributed by atoms with E-state index < -0.39 is 0 Å². The molecule has 0 fully saturated rings. The van der Waals surface area contributed by atoms with E-state index in [0.717, 1.165) is 11.3 Å². The van der Waals surface area contributed by atoms with Crippen molar-refractivity contribution < 1.29 is 18.8 Å². The summed E-state index contributed by atoms with van der Waals surface area (Å²) in [6.07, 6.45) is 0. The highest BCUT2D eigenvalue weighted by atomic mass is 16.5. The predicted molar refractivity (Wildman–Crippen MR) is 116 cm³/mol. The lowest BCUT2D eigenvalue weighted by atomic mass is 10.1. The molecule has 0 spiro atoms. The number of anilines is 1. The maximum Gasteiger partial charge on any atom is 0.322 e. The molecule has 3 aromatic rings. The van der Waals surface area contributed by atoms with Gasteiger partial charge < -0.3 is 24.2 Å². The largest absolute Gasteiger partial charge is 0.497 e. The smallest absolute Gasteiger partial charge is 0.322 e. The third kappa shape index (κ3) is 5.31. The van der Waals surface area contributed by atoms with E-state index in [0.29, 0.717) is 42.0 Å². The quantitative estimate of drug-likeness (QED) is 0.563. The molecule has 0 aliphatic heterocycles. The number of hydrogen-bond acceptors (Lipinski definition) is 5. The van der Waals surface area contributed by atoms with Crippen molar-refractivity contribution >= 4 is 11.7 Å². The first-order valence-corrected chi connectivity index (χ1v) is 9.79. The molecule has 30 heavy (non-hydrogen) atoms. The molecule has 1 N–H and O–H groups in total. The highest BCUT2D eigenvalue weighted by Gasteiger charge is 2.19. The number of ether oxygens (including phenoxy) is 2. The number of carbonyl (C=O) groups is 1. The van der Waals surface area contributed by atoms with Crippen LogP contribution >= 0.6 is 0 Å². The zero-order valence-electron chi connectivity index (χ0n) is 17.7. The summed E-state index contributed by atoms with van der Waals surface area (Å²) in [4.78, 5) is 14.6. The van der Waals surface area contributed by atoms with E-state index in [-0.39, 0.29) is 6.03 Å². The Balaban J connectivity index is 1.79. The molecule has 0 aliphatic rings. The lowest BCUT2D eigenvalue weighted by molar-refractivity contribution is 0.200. The van der Waals surface area contributed by atoms with Crippen LogP contribution in [0, 0.1) is 5.92 Å². The molecule has 158 valence electrons. The number of urea groups is 1. The van der Waals surface area contributed by atoms with Crippen molar-refractivity contribution in [2.24, 2.45) is 5.92 Å². The highest BCUT2D eigenvalue weighted by molar-refractivity contribution is 5.89. The Morgan fingerprint density at radius 1 is 1.10 bits per heavy atom. The van der Waals surface area contributed by atoms with Gasteiger partial charge in [-0.25, -0.2) is 4.79 Å². The number of nitrogens with zero attached hydrogens (tertiary/aromatic N) is 2. The molecule has 1 heterocycles. The lowest BCUT2D eigenvalue weighted by Gasteiger charge is -2.24. The van der Waals surface area contributed by atoms with E-state index >= 15 is 0 Å². The number of hydrogen-bond donors (Lipinski definition) is 1. The second-order valence-electron chi connectivity index (χ2n) is 7.32. The number of methoxy groups -OCH3 is 2. The van der Waals surface area contributed by atoms with Gasteiger partial charge in [0.25, 0.3) is 0 Å². The molecule has 0 radical (unpaired) electrons. The van der Waals surface area contributed by atoms with Crippen molar-refractivity contribution in [1.82, 2.24) is 10.1 Å². The number of rotatable bonds is 8. The number of amides is 2. The first kappa shape index (κ1) is 21.2. The van der Waals surface area contributed by atoms with Gasteiger partial charge in [0.2, 0.25) is 0 Å². The fourth-order valence-electron chi connectivity index (χ4n) is 3.10. The molecule has 0 saturated carbocycles. The second kappa shape index (κ2) is 9.82. The monoisotopic (exact) mass is 409 g/mol. The van der Waals surface area contributed by atoms with Gasteiger partial charge in [-0.15, -0.1) is 0 Å². The van der Waals surface area contributed by atoms with Crippen molar-refractivity contribution in [2.45, 2.75) is 20.4 Å². The Morgan fingerprint density at radius 2 is 1.87 bits per heavy atom. The van der Waals surface area contributed by atoms with Crippen LogP contribution in [-0.2, 0) is 6.54 Å². The van der Waals surface area contributed by atoms with Gasteiger partial charge in [0, 0.05) is 18.3 Å². The lowest BCUT2D eigenvalue weighted by Crippen LogP contribution is -2.37. The summed E-state index contributed by atoms with van der Waals surface area (Å²) in [5.74, 6) is 2.19. The molecule has 0 unspecified atom stereocenters. The van der Waals surface area contributed by atoms with Gasteiger partial charge in [-0.05, 0) is 36.2 Å². The van der Waals surface area contributed by atoms with Crippen LogP contribution in [0.4, 0.5) is 10.5 Å². The molecule has 7 nitrogen and oxygen atoms in total. The summed E-state index contributed by atoms with van der Waals surface area (Å²) in [7, 11) is 3.20. The van der Waals surface area contributed by atoms with Gasteiger partial charge in [0.1, 0.15) is 17.2 Å². The molecular weight excluding hydrogens is 382 g/mol. The normalized spacial score (nSPS) is 10.7. The van der Waals surface area contributed by atoms with Crippen LogP contribution in [0.15, 0.2) is 59.1 Å². The van der Waals surface area contributed by atoms with Crippen LogP contribution in [0.2, 0.25) is 0 Å². The van der Waals surface area contributed by atoms with E-state index in [1.54, 1.807) is 19.1 Å². The maximum atomic E-state index is 12.8. The van der Waals surface area contributed by atoms with Crippen LogP contribution in [0.3, 0.4) is 0 Å². The van der Waals surface area contributed by atoms with Gasteiger partial charge in [0.05, 0.1) is 26.3 Å². The standard InChI is InChI=1S/C23H27N3O4/c1-16(2)14-26(23(27)24-17-8-6-5-7-9-17)15-18-12-22(30-25-18)20-13-19(28-3)10-11-21(20)29-4/h5-13,16H,14-15H2,1-4H3,(H,24,27). The van der Waals surface area contributed by atoms with Crippen molar-refractivity contribution in [3.8, 4) is 22.8 Å². The third-order valence-electron chi connectivity index (χ3n) is 4.48. The van der Waals surface area contributed by atoms with Crippen LogP contribution in [0.25, 0.3) is 11.3 Å². The Labute approximate surface area is 176 Å². The summed E-state index contributed by atoms with van der Waals surface area (Å²) in [5.41, 5.74) is 2.14. The number of benzene rings is 2. The predicted octanol–water partition coefficient (Wildman–Crippen LogP) is 5.05. The molecule has 1 aromatic heterocycles. The molecule has 0 bridgehead atoms. The number of aromatic nitrogens is 1. The van der Waals surface area contributed by atoms with E-state index in [1.807, 2.05) is 54.6 Å². The van der Waals surface area contributed by atoms with Crippen LogP contribution in [-0.4, -0.2) is 36.9 Å². The van der Waals surface area contributed by atoms with Gasteiger partial charge in [-0.3, -0.25) is 0 Å². The Hall–Kier alpha value is -3.48. The fraction of sp³-hybridized carbons (Fsp3) is 0.304. The summed E-state index contributed by atoms with van der Waals surface area (Å²) in [6, 6.07) is 16.5. The first-order valence-electron chi connectivity index (χ1n) is 9.79. The van der Waals surface area contributed by atoms with Crippen LogP contribution in [0.1, 0.15) is 19.5 Å². The van der Waals surface area contributed by atoms with E-state index in [1.165, 1.54) is 0 Å². The average Bonchev–Trinajstić information content (AvgIpc) is 3.21. The third-order valence-corrected chi connectivity index (χ3v) is 4.48. The van der Waals surface area contributed by atoms with Crippen molar-refractivity contribution in [3.05, 3.63) is 60.3 Å². The minimum Gasteiger partial charge on any atom is -0.497 e. The highest BCUT2D eigenvalue weighted by Crippen LogP contribution is 2.34. The van der Waals surface area contributed by atoms with Crippen LogP contribution < -0.4 is 14.8 Å². The number of carbonyl (C=O) groups excluding carboxylic acids is 1. The minimum atomic E-state index is -0.182. The molecular formula is C23H27N3O4. The van der Waals surface area contributed by atoms with E-state index in [2.05, 4.69) is 24.3 Å². The summed E-state index contributed by atoms with van der Waals surface area (Å²) < 4.78 is 16.3. The molecule has 2 aromatic carbocycles. The Kier molecular flexibility index (Phi) is 6.95. The average molecular weight is 409 g/mol. The molecule has 0 aliphatic carbocycles.